The van der Waals surface area contributed by atoms with Crippen LogP contribution in [0.3, 0.4) is 0 Å². The lowest BCUT2D eigenvalue weighted by atomic mass is 9.90. The van der Waals surface area contributed by atoms with E-state index in [1.54, 1.807) is 0 Å². The highest BCUT2D eigenvalue weighted by molar-refractivity contribution is 7.99. The zero-order chi connectivity index (χ0) is 14.5. The summed E-state index contributed by atoms with van der Waals surface area (Å²) >= 11 is 2.09. The Morgan fingerprint density at radius 2 is 1.86 bits per heavy atom. The molecule has 2 aromatic rings. The number of nitrogens with one attached hydrogen (secondary N) is 1. The Morgan fingerprint density at radius 1 is 1.10 bits per heavy atom. The SMILES string of the molecule is NNC(Cc1cccc2ccccc12)CC1CCSCC1. The van der Waals surface area contributed by atoms with E-state index in [2.05, 4.69) is 59.7 Å². The lowest BCUT2D eigenvalue weighted by molar-refractivity contribution is 0.366. The standard InChI is InChI=1S/C18H24N2S/c19-20-17(12-14-8-10-21-11-9-14)13-16-6-3-5-15-4-1-2-7-18(15)16/h1-7,14,17,20H,8-13,19H2. The van der Waals surface area contributed by atoms with E-state index in [1.807, 2.05) is 0 Å². The van der Waals surface area contributed by atoms with Crippen molar-refractivity contribution >= 4 is 22.5 Å². The minimum atomic E-state index is 0.379. The molecule has 1 aliphatic heterocycles. The summed E-state index contributed by atoms with van der Waals surface area (Å²) in [6.45, 7) is 0. The van der Waals surface area contributed by atoms with E-state index in [0.717, 1.165) is 12.3 Å². The molecule has 2 nitrogen and oxygen atoms in total. The van der Waals surface area contributed by atoms with Crippen LogP contribution in [0.1, 0.15) is 24.8 Å². The molecular weight excluding hydrogens is 276 g/mol. The van der Waals surface area contributed by atoms with Crippen molar-refractivity contribution in [3.8, 4) is 0 Å². The average Bonchev–Trinajstić information content (AvgIpc) is 2.55. The van der Waals surface area contributed by atoms with Crippen molar-refractivity contribution in [2.75, 3.05) is 11.5 Å². The lowest BCUT2D eigenvalue weighted by Gasteiger charge is -2.26. The highest BCUT2D eigenvalue weighted by Crippen LogP contribution is 2.28. The number of benzene rings is 2. The van der Waals surface area contributed by atoms with E-state index in [0.29, 0.717) is 6.04 Å². The number of nitrogens with two attached hydrogens (primary N) is 1. The average molecular weight is 300 g/mol. The van der Waals surface area contributed by atoms with Gasteiger partial charge >= 0.3 is 0 Å². The van der Waals surface area contributed by atoms with Crippen LogP contribution in [-0.2, 0) is 6.42 Å². The first-order chi connectivity index (χ1) is 10.4. The van der Waals surface area contributed by atoms with Crippen molar-refractivity contribution in [2.24, 2.45) is 11.8 Å². The number of hydrogen-bond acceptors (Lipinski definition) is 3. The summed E-state index contributed by atoms with van der Waals surface area (Å²) in [5.74, 6) is 9.29. The molecule has 0 aromatic heterocycles. The van der Waals surface area contributed by atoms with Crippen LogP contribution in [0.2, 0.25) is 0 Å². The fraction of sp³-hybridized carbons (Fsp3) is 0.444. The van der Waals surface area contributed by atoms with Gasteiger partial charge in [-0.1, -0.05) is 42.5 Å². The number of fused-ring (bicyclic) bond motifs is 1. The Morgan fingerprint density at radius 3 is 2.67 bits per heavy atom. The van der Waals surface area contributed by atoms with Crippen LogP contribution in [0, 0.1) is 5.92 Å². The predicted molar refractivity (Wildman–Crippen MR) is 93.4 cm³/mol. The van der Waals surface area contributed by atoms with Crippen LogP contribution in [0.4, 0.5) is 0 Å². The highest BCUT2D eigenvalue weighted by Gasteiger charge is 2.19. The molecule has 1 aliphatic rings. The molecule has 3 N–H and O–H groups in total. The molecular formula is C18H24N2S. The maximum absolute atomic E-state index is 5.83. The molecule has 1 saturated heterocycles. The van der Waals surface area contributed by atoms with Crippen molar-refractivity contribution in [2.45, 2.75) is 31.7 Å². The second-order valence-electron chi connectivity index (χ2n) is 6.00. The van der Waals surface area contributed by atoms with E-state index in [1.165, 1.54) is 47.1 Å². The smallest absolute Gasteiger partial charge is 0.0253 e. The van der Waals surface area contributed by atoms with Crippen molar-refractivity contribution < 1.29 is 0 Å². The Hall–Kier alpha value is -1.03. The minimum absolute atomic E-state index is 0.379. The van der Waals surface area contributed by atoms with Gasteiger partial charge in [-0.2, -0.15) is 11.8 Å². The third kappa shape index (κ3) is 3.79. The molecule has 1 heterocycles. The van der Waals surface area contributed by atoms with Crippen LogP contribution < -0.4 is 11.3 Å². The molecule has 21 heavy (non-hydrogen) atoms. The van der Waals surface area contributed by atoms with Gasteiger partial charge in [0.1, 0.15) is 0 Å². The van der Waals surface area contributed by atoms with Gasteiger partial charge in [-0.3, -0.25) is 11.3 Å². The molecule has 1 atom stereocenters. The lowest BCUT2D eigenvalue weighted by Crippen LogP contribution is -2.38. The van der Waals surface area contributed by atoms with Crippen molar-refractivity contribution in [1.29, 1.82) is 0 Å². The van der Waals surface area contributed by atoms with Crippen molar-refractivity contribution in [3.05, 3.63) is 48.0 Å². The van der Waals surface area contributed by atoms with E-state index >= 15 is 0 Å². The topological polar surface area (TPSA) is 38.0 Å². The van der Waals surface area contributed by atoms with E-state index in [-0.39, 0.29) is 0 Å². The maximum atomic E-state index is 5.83. The molecule has 1 fully saturated rings. The monoisotopic (exact) mass is 300 g/mol. The Labute approximate surface area is 131 Å². The van der Waals surface area contributed by atoms with Crippen LogP contribution in [-0.4, -0.2) is 17.5 Å². The minimum Gasteiger partial charge on any atom is -0.271 e. The Balaban J connectivity index is 1.72. The maximum Gasteiger partial charge on any atom is 0.0253 e. The van der Waals surface area contributed by atoms with Gasteiger partial charge in [-0.05, 0) is 59.4 Å². The first-order valence-electron chi connectivity index (χ1n) is 7.87. The second kappa shape index (κ2) is 7.30. The Bertz CT molecular complexity index is 573. The normalized spacial score (nSPS) is 18.0. The predicted octanol–water partition coefficient (Wildman–Crippen LogP) is 3.75. The number of rotatable bonds is 5. The largest absolute Gasteiger partial charge is 0.271 e. The summed E-state index contributed by atoms with van der Waals surface area (Å²) < 4.78 is 0. The summed E-state index contributed by atoms with van der Waals surface area (Å²) in [6.07, 6.45) is 4.90. The second-order valence-corrected chi connectivity index (χ2v) is 7.22. The first-order valence-corrected chi connectivity index (χ1v) is 9.03. The molecule has 0 radical (unpaired) electrons. The fourth-order valence-electron chi connectivity index (χ4n) is 3.33. The number of hydrazine groups is 1. The van der Waals surface area contributed by atoms with Crippen LogP contribution in [0.25, 0.3) is 10.8 Å². The third-order valence-corrected chi connectivity index (χ3v) is 5.59. The quantitative estimate of drug-likeness (QED) is 0.652. The van der Waals surface area contributed by atoms with Gasteiger partial charge in [0.15, 0.2) is 0 Å². The summed E-state index contributed by atoms with van der Waals surface area (Å²) in [5.41, 5.74) is 4.46. The van der Waals surface area contributed by atoms with Gasteiger partial charge in [-0.15, -0.1) is 0 Å². The molecule has 3 rings (SSSR count). The van der Waals surface area contributed by atoms with Gasteiger partial charge < -0.3 is 0 Å². The zero-order valence-electron chi connectivity index (χ0n) is 12.4. The molecule has 112 valence electrons. The molecule has 0 amide bonds. The van der Waals surface area contributed by atoms with E-state index in [4.69, 9.17) is 5.84 Å². The van der Waals surface area contributed by atoms with Crippen molar-refractivity contribution in [1.82, 2.24) is 5.43 Å². The van der Waals surface area contributed by atoms with Crippen LogP contribution in [0.5, 0.6) is 0 Å². The highest BCUT2D eigenvalue weighted by atomic mass is 32.2. The molecule has 0 bridgehead atoms. The van der Waals surface area contributed by atoms with Gasteiger partial charge in [0.2, 0.25) is 0 Å². The van der Waals surface area contributed by atoms with E-state index < -0.39 is 0 Å². The first kappa shape index (κ1) is 14.9. The molecule has 0 aliphatic carbocycles. The molecule has 3 heteroatoms. The van der Waals surface area contributed by atoms with Crippen molar-refractivity contribution in [3.63, 3.8) is 0 Å². The Kier molecular flexibility index (Phi) is 5.17. The molecule has 0 saturated carbocycles. The summed E-state index contributed by atoms with van der Waals surface area (Å²) in [6, 6.07) is 15.6. The molecule has 1 unspecified atom stereocenters. The fourth-order valence-corrected chi connectivity index (χ4v) is 4.53. The van der Waals surface area contributed by atoms with Gasteiger partial charge in [0.05, 0.1) is 0 Å². The summed E-state index contributed by atoms with van der Waals surface area (Å²) in [5, 5.41) is 2.68. The van der Waals surface area contributed by atoms with Crippen LogP contribution >= 0.6 is 11.8 Å². The van der Waals surface area contributed by atoms with Gasteiger partial charge in [0.25, 0.3) is 0 Å². The number of thioether (sulfide) groups is 1. The summed E-state index contributed by atoms with van der Waals surface area (Å²) in [4.78, 5) is 0. The van der Waals surface area contributed by atoms with Gasteiger partial charge in [-0.25, -0.2) is 0 Å². The zero-order valence-corrected chi connectivity index (χ0v) is 13.2. The third-order valence-electron chi connectivity index (χ3n) is 4.54. The van der Waals surface area contributed by atoms with Gasteiger partial charge in [0, 0.05) is 6.04 Å². The summed E-state index contributed by atoms with van der Waals surface area (Å²) in [7, 11) is 0. The molecule has 0 spiro atoms. The van der Waals surface area contributed by atoms with Crippen LogP contribution in [0.15, 0.2) is 42.5 Å². The number of hydrogen-bond donors (Lipinski definition) is 2. The van der Waals surface area contributed by atoms with E-state index in [9.17, 15) is 0 Å². The molecule has 2 aromatic carbocycles.